The molecule has 3 aromatic rings. The number of imide groups is 1. The van der Waals surface area contributed by atoms with Crippen molar-refractivity contribution in [2.24, 2.45) is 0 Å². The van der Waals surface area contributed by atoms with E-state index in [0.717, 1.165) is 22.4 Å². The summed E-state index contributed by atoms with van der Waals surface area (Å²) in [5.74, 6) is -4.53. The minimum atomic E-state index is -1.27. The summed E-state index contributed by atoms with van der Waals surface area (Å²) in [6.07, 6.45) is 3.54. The first-order valence-electron chi connectivity index (χ1n) is 15.8. The Kier molecular flexibility index (Phi) is 11.3. The highest BCUT2D eigenvalue weighted by Gasteiger charge is 2.35. The molecule has 0 saturated carbocycles. The van der Waals surface area contributed by atoms with Gasteiger partial charge in [0.05, 0.1) is 25.3 Å². The highest BCUT2D eigenvalue weighted by Crippen LogP contribution is 2.29. The fourth-order valence-electron chi connectivity index (χ4n) is 5.34. The molecule has 0 aliphatic carbocycles. The number of fused-ring (bicyclic) bond motifs is 2. The van der Waals surface area contributed by atoms with Crippen LogP contribution >= 0.6 is 0 Å². The fourth-order valence-corrected chi connectivity index (χ4v) is 5.34. The van der Waals surface area contributed by atoms with Gasteiger partial charge < -0.3 is 25.7 Å². The summed E-state index contributed by atoms with van der Waals surface area (Å²) in [7, 11) is 0. The van der Waals surface area contributed by atoms with Crippen molar-refractivity contribution in [3.05, 3.63) is 101 Å². The van der Waals surface area contributed by atoms with E-state index in [-0.39, 0.29) is 38.0 Å². The highest BCUT2D eigenvalue weighted by molar-refractivity contribution is 6.02. The number of hydroxylamine groups is 2. The van der Waals surface area contributed by atoms with Crippen molar-refractivity contribution in [1.29, 1.82) is 0 Å². The number of nitrogens with one attached hydrogen (secondary N) is 3. The summed E-state index contributed by atoms with van der Waals surface area (Å²) in [6.45, 7) is -0.641. The number of rotatable bonds is 12. The molecule has 0 aromatic heterocycles. The molecule has 2 aliphatic rings. The molecule has 13 heteroatoms. The number of hydrogen-bond acceptors (Lipinski definition) is 8. The van der Waals surface area contributed by atoms with Crippen LogP contribution in [0.15, 0.2) is 78.9 Å². The first-order valence-corrected chi connectivity index (χ1v) is 15.8. The second-order valence-electron chi connectivity index (χ2n) is 11.4. The van der Waals surface area contributed by atoms with Gasteiger partial charge in [0.2, 0.25) is 23.6 Å². The van der Waals surface area contributed by atoms with E-state index < -0.39 is 54.6 Å². The molecule has 0 bridgehead atoms. The van der Waals surface area contributed by atoms with Crippen molar-refractivity contribution in [2.75, 3.05) is 18.0 Å². The van der Waals surface area contributed by atoms with Crippen LogP contribution in [-0.2, 0) is 51.4 Å². The van der Waals surface area contributed by atoms with Gasteiger partial charge in [-0.15, -0.1) is 5.06 Å². The Balaban J connectivity index is 1.09. The molecule has 49 heavy (non-hydrogen) atoms. The topological polar surface area (TPSA) is 171 Å². The lowest BCUT2D eigenvalue weighted by Gasteiger charge is -2.27. The van der Waals surface area contributed by atoms with E-state index in [1.807, 2.05) is 60.7 Å². The summed E-state index contributed by atoms with van der Waals surface area (Å²) in [4.78, 5) is 94.4. The van der Waals surface area contributed by atoms with Gasteiger partial charge in [-0.05, 0) is 28.3 Å². The zero-order valence-corrected chi connectivity index (χ0v) is 26.6. The second-order valence-corrected chi connectivity index (χ2v) is 11.4. The van der Waals surface area contributed by atoms with Crippen molar-refractivity contribution in [2.45, 2.75) is 44.7 Å². The Labute approximate surface area is 282 Å². The van der Waals surface area contributed by atoms with E-state index in [4.69, 9.17) is 4.84 Å². The molecule has 0 radical (unpaired) electrons. The molecule has 13 nitrogen and oxygen atoms in total. The molecular formula is C36H35N5O8. The summed E-state index contributed by atoms with van der Waals surface area (Å²) in [6, 6.07) is 22.7. The number of anilines is 1. The Hall–Kier alpha value is -6.11. The molecule has 1 fully saturated rings. The summed E-state index contributed by atoms with van der Waals surface area (Å²) >= 11 is 0. The number of benzene rings is 3. The summed E-state index contributed by atoms with van der Waals surface area (Å²) in [5, 5.41) is 7.68. The number of para-hydroxylation sites is 1. The van der Waals surface area contributed by atoms with E-state index in [0.29, 0.717) is 17.2 Å². The van der Waals surface area contributed by atoms with E-state index >= 15 is 0 Å². The minimum Gasteiger partial charge on any atom is -0.347 e. The monoisotopic (exact) mass is 665 g/mol. The number of carbonyl (C=O) groups is 7. The van der Waals surface area contributed by atoms with Crippen molar-refractivity contribution < 1.29 is 38.4 Å². The second kappa shape index (κ2) is 16.1. The maximum atomic E-state index is 13.4. The molecular weight excluding hydrogens is 630 g/mol. The smallest absolute Gasteiger partial charge is 0.347 e. The third kappa shape index (κ3) is 9.25. The minimum absolute atomic E-state index is 0.00339. The number of carbonyl (C=O) groups excluding carboxylic acids is 7. The van der Waals surface area contributed by atoms with Crippen LogP contribution in [0.4, 0.5) is 5.69 Å². The van der Waals surface area contributed by atoms with E-state index in [1.54, 1.807) is 35.2 Å². The highest BCUT2D eigenvalue weighted by atomic mass is 16.7. The van der Waals surface area contributed by atoms with Gasteiger partial charge in [0.25, 0.3) is 11.8 Å². The third-order valence-electron chi connectivity index (χ3n) is 7.90. The molecule has 0 spiro atoms. The first-order chi connectivity index (χ1) is 23.7. The standard InChI is InChI=1S/C36H35N5O8/c42-30(16-17-33(45)40-23-27-12-5-4-10-25(27)14-15-26-11-6-7-13-29(26)40)37-21-31(43)38-22-32(44)39-28(20-24-8-2-1-3-9-24)36(48)49-41-34(46)18-19-35(41)47/h1-15,28H,16-23H2,(H,37,42)(H,38,43)(H,39,44)/b15-14-/t28-/m0/s1. The third-order valence-corrected chi connectivity index (χ3v) is 7.90. The fraction of sp³-hybridized carbons (Fsp3) is 0.250. The average molecular weight is 666 g/mol. The van der Waals surface area contributed by atoms with Crippen LogP contribution in [0.5, 0.6) is 0 Å². The molecule has 252 valence electrons. The summed E-state index contributed by atoms with van der Waals surface area (Å²) in [5.41, 5.74) is 4.23. The predicted octanol–water partition coefficient (Wildman–Crippen LogP) is 2.05. The van der Waals surface area contributed by atoms with Gasteiger partial charge in [0.15, 0.2) is 0 Å². The van der Waals surface area contributed by atoms with E-state index in [2.05, 4.69) is 16.0 Å². The molecule has 2 heterocycles. The van der Waals surface area contributed by atoms with E-state index in [1.165, 1.54) is 0 Å². The van der Waals surface area contributed by atoms with Crippen LogP contribution in [0.3, 0.4) is 0 Å². The zero-order valence-electron chi connectivity index (χ0n) is 26.6. The van der Waals surface area contributed by atoms with Crippen LogP contribution in [0.2, 0.25) is 0 Å². The normalized spacial score (nSPS) is 14.8. The first kappa shape index (κ1) is 34.2. The van der Waals surface area contributed by atoms with Gasteiger partial charge in [-0.3, -0.25) is 28.8 Å². The van der Waals surface area contributed by atoms with Crippen LogP contribution in [-0.4, -0.2) is 65.6 Å². The lowest BCUT2D eigenvalue weighted by Crippen LogP contribution is -2.50. The van der Waals surface area contributed by atoms with Gasteiger partial charge in [-0.2, -0.15) is 0 Å². The molecule has 2 aliphatic heterocycles. The summed E-state index contributed by atoms with van der Waals surface area (Å²) < 4.78 is 0. The predicted molar refractivity (Wildman–Crippen MR) is 178 cm³/mol. The Bertz CT molecular complexity index is 1770. The van der Waals surface area contributed by atoms with Crippen molar-refractivity contribution in [3.8, 4) is 0 Å². The van der Waals surface area contributed by atoms with Crippen LogP contribution in [0.25, 0.3) is 12.2 Å². The van der Waals surface area contributed by atoms with E-state index in [9.17, 15) is 33.6 Å². The van der Waals surface area contributed by atoms with Gasteiger partial charge in [0.1, 0.15) is 6.04 Å². The quantitative estimate of drug-likeness (QED) is 0.247. The molecule has 0 unspecified atom stereocenters. The number of nitrogens with zero attached hydrogens (tertiary/aromatic N) is 2. The largest absolute Gasteiger partial charge is 0.355 e. The SMILES string of the molecule is O=C(CCC(=O)N1Cc2ccccc2/C=C\c2ccccc21)NCC(=O)NCC(=O)N[C@@H](Cc1ccccc1)C(=O)ON1C(=O)CCC1=O. The Morgan fingerprint density at radius 2 is 1.31 bits per heavy atom. The van der Waals surface area contributed by atoms with Crippen molar-refractivity contribution in [3.63, 3.8) is 0 Å². The van der Waals surface area contributed by atoms with Crippen LogP contribution in [0.1, 0.15) is 47.9 Å². The Morgan fingerprint density at radius 1 is 0.694 bits per heavy atom. The molecule has 6 amide bonds. The van der Waals surface area contributed by atoms with Crippen LogP contribution in [0, 0.1) is 0 Å². The number of hydrogen-bond donors (Lipinski definition) is 3. The maximum Gasteiger partial charge on any atom is 0.355 e. The maximum absolute atomic E-state index is 13.4. The van der Waals surface area contributed by atoms with Crippen molar-refractivity contribution in [1.82, 2.24) is 21.0 Å². The average Bonchev–Trinajstić information content (AvgIpc) is 3.42. The van der Waals surface area contributed by atoms with Gasteiger partial charge in [-0.1, -0.05) is 84.9 Å². The Morgan fingerprint density at radius 3 is 2.06 bits per heavy atom. The number of amides is 6. The molecule has 3 N–H and O–H groups in total. The molecule has 5 rings (SSSR count). The van der Waals surface area contributed by atoms with Gasteiger partial charge in [-0.25, -0.2) is 4.79 Å². The molecule has 1 saturated heterocycles. The lowest BCUT2D eigenvalue weighted by molar-refractivity contribution is -0.199. The molecule has 1 atom stereocenters. The van der Waals surface area contributed by atoms with Crippen LogP contribution < -0.4 is 20.9 Å². The lowest BCUT2D eigenvalue weighted by atomic mass is 10.0. The van der Waals surface area contributed by atoms with Crippen molar-refractivity contribution >= 4 is 59.3 Å². The molecule has 3 aromatic carbocycles. The van der Waals surface area contributed by atoms with Gasteiger partial charge in [0, 0.05) is 32.1 Å². The zero-order chi connectivity index (χ0) is 34.8. The van der Waals surface area contributed by atoms with Gasteiger partial charge >= 0.3 is 5.97 Å².